The molecule has 0 aliphatic carbocycles. The molecule has 26 heavy (non-hydrogen) atoms. The average molecular weight is 349 g/mol. The molecule has 2 aromatic heterocycles. The third-order valence-corrected chi connectivity index (χ3v) is 5.02. The maximum Gasteiger partial charge on any atom is 0.272 e. The zero-order valence-corrected chi connectivity index (χ0v) is 15.2. The van der Waals surface area contributed by atoms with Gasteiger partial charge in [0.25, 0.3) is 5.91 Å². The molecule has 0 spiro atoms. The quantitative estimate of drug-likeness (QED) is 0.728. The Hall–Kier alpha value is -2.89. The number of aromatic nitrogens is 4. The number of carbonyl (C=O) groups is 1. The Morgan fingerprint density at radius 1 is 1.23 bits per heavy atom. The highest BCUT2D eigenvalue weighted by atomic mass is 16.2. The van der Waals surface area contributed by atoms with E-state index >= 15 is 0 Å². The van der Waals surface area contributed by atoms with Crippen molar-refractivity contribution >= 4 is 5.91 Å². The number of aryl methyl sites for hydroxylation is 2. The van der Waals surface area contributed by atoms with E-state index in [2.05, 4.69) is 23.1 Å². The summed E-state index contributed by atoms with van der Waals surface area (Å²) in [6, 6.07) is 12.1. The number of carbonyl (C=O) groups excluding carboxylic acids is 1. The first-order chi connectivity index (χ1) is 12.6. The van der Waals surface area contributed by atoms with Crippen LogP contribution in [0.2, 0.25) is 0 Å². The Balaban J connectivity index is 1.58. The van der Waals surface area contributed by atoms with Gasteiger partial charge in [-0.05, 0) is 44.9 Å². The minimum absolute atomic E-state index is 0.0374. The molecule has 4 rings (SSSR count). The molecule has 1 aromatic carbocycles. The van der Waals surface area contributed by atoms with Gasteiger partial charge in [-0.2, -0.15) is 5.10 Å². The van der Waals surface area contributed by atoms with Crippen molar-refractivity contribution in [1.82, 2.24) is 24.2 Å². The van der Waals surface area contributed by atoms with Crippen LogP contribution in [0.5, 0.6) is 0 Å². The summed E-state index contributed by atoms with van der Waals surface area (Å²) in [5.41, 5.74) is 3.70. The summed E-state index contributed by atoms with van der Waals surface area (Å²) in [5.74, 6) is 0.0374. The average Bonchev–Trinajstić information content (AvgIpc) is 3.36. The van der Waals surface area contributed by atoms with Crippen molar-refractivity contribution in [1.29, 1.82) is 0 Å². The number of imidazole rings is 1. The van der Waals surface area contributed by atoms with Gasteiger partial charge in [-0.1, -0.05) is 18.2 Å². The van der Waals surface area contributed by atoms with Crippen molar-refractivity contribution < 1.29 is 4.79 Å². The minimum Gasteiger partial charge on any atom is -0.332 e. The number of para-hydroxylation sites is 1. The molecular weight excluding hydrogens is 326 g/mol. The zero-order chi connectivity index (χ0) is 18.1. The van der Waals surface area contributed by atoms with Crippen molar-refractivity contribution in [2.45, 2.75) is 39.3 Å². The summed E-state index contributed by atoms with van der Waals surface area (Å²) in [5, 5.41) is 4.56. The van der Waals surface area contributed by atoms with Crippen molar-refractivity contribution in [2.24, 2.45) is 0 Å². The van der Waals surface area contributed by atoms with Crippen LogP contribution in [0.15, 0.2) is 48.9 Å². The second-order valence-corrected chi connectivity index (χ2v) is 6.89. The molecule has 3 heterocycles. The molecule has 0 radical (unpaired) electrons. The topological polar surface area (TPSA) is 56.0 Å². The van der Waals surface area contributed by atoms with Crippen LogP contribution in [-0.2, 0) is 6.54 Å². The predicted octanol–water partition coefficient (Wildman–Crippen LogP) is 2.99. The first kappa shape index (κ1) is 16.6. The highest BCUT2D eigenvalue weighted by Gasteiger charge is 2.31. The van der Waals surface area contributed by atoms with Gasteiger partial charge in [0, 0.05) is 17.9 Å². The van der Waals surface area contributed by atoms with Crippen LogP contribution in [-0.4, -0.2) is 42.7 Å². The van der Waals surface area contributed by atoms with Gasteiger partial charge in [-0.25, -0.2) is 4.98 Å². The van der Waals surface area contributed by atoms with Crippen LogP contribution in [0, 0.1) is 13.8 Å². The first-order valence-corrected chi connectivity index (χ1v) is 9.03. The molecule has 0 saturated carbocycles. The van der Waals surface area contributed by atoms with Crippen molar-refractivity contribution in [3.8, 4) is 5.69 Å². The Bertz CT molecular complexity index is 911. The van der Waals surface area contributed by atoms with Crippen LogP contribution in [0.4, 0.5) is 0 Å². The van der Waals surface area contributed by atoms with E-state index in [4.69, 9.17) is 0 Å². The summed E-state index contributed by atoms with van der Waals surface area (Å²) >= 11 is 0. The van der Waals surface area contributed by atoms with E-state index in [1.165, 1.54) is 0 Å². The molecule has 6 nitrogen and oxygen atoms in total. The van der Waals surface area contributed by atoms with Gasteiger partial charge >= 0.3 is 0 Å². The molecule has 6 heteroatoms. The van der Waals surface area contributed by atoms with Crippen molar-refractivity contribution in [3.05, 3.63) is 66.0 Å². The number of nitrogens with zero attached hydrogens (tertiary/aromatic N) is 5. The fraction of sp³-hybridized carbons (Fsp3) is 0.350. The third-order valence-electron chi connectivity index (χ3n) is 5.02. The molecule has 1 unspecified atom stereocenters. The molecule has 1 atom stereocenters. The van der Waals surface area contributed by atoms with Gasteiger partial charge in [0.2, 0.25) is 0 Å². The van der Waals surface area contributed by atoms with E-state index in [9.17, 15) is 4.79 Å². The summed E-state index contributed by atoms with van der Waals surface area (Å²) in [6.07, 6.45) is 5.39. The van der Waals surface area contributed by atoms with Gasteiger partial charge in [0.1, 0.15) is 5.69 Å². The van der Waals surface area contributed by atoms with E-state index in [0.717, 1.165) is 43.0 Å². The largest absolute Gasteiger partial charge is 0.332 e. The van der Waals surface area contributed by atoms with E-state index < -0.39 is 0 Å². The molecule has 3 aromatic rings. The van der Waals surface area contributed by atoms with Gasteiger partial charge in [0.05, 0.1) is 30.8 Å². The lowest BCUT2D eigenvalue weighted by Crippen LogP contribution is -2.39. The van der Waals surface area contributed by atoms with Gasteiger partial charge in [-0.3, -0.25) is 14.0 Å². The smallest absolute Gasteiger partial charge is 0.272 e. The predicted molar refractivity (Wildman–Crippen MR) is 99.3 cm³/mol. The summed E-state index contributed by atoms with van der Waals surface area (Å²) in [7, 11) is 0. The highest BCUT2D eigenvalue weighted by Crippen LogP contribution is 2.23. The summed E-state index contributed by atoms with van der Waals surface area (Å²) < 4.78 is 3.88. The van der Waals surface area contributed by atoms with Crippen molar-refractivity contribution in [3.63, 3.8) is 0 Å². The third kappa shape index (κ3) is 3.03. The monoisotopic (exact) mass is 349 g/mol. The second-order valence-electron chi connectivity index (χ2n) is 6.89. The van der Waals surface area contributed by atoms with Crippen LogP contribution in [0.1, 0.15) is 34.7 Å². The Morgan fingerprint density at radius 2 is 2.04 bits per heavy atom. The van der Waals surface area contributed by atoms with E-state index in [1.807, 2.05) is 51.4 Å². The fourth-order valence-corrected chi connectivity index (χ4v) is 3.75. The normalized spacial score (nSPS) is 17.0. The Kier molecular flexibility index (Phi) is 4.32. The molecule has 1 amide bonds. The number of hydrogen-bond acceptors (Lipinski definition) is 3. The summed E-state index contributed by atoms with van der Waals surface area (Å²) in [6.45, 7) is 5.58. The standard InChI is InChI=1S/C20H23N5O/c1-15-11-16(2)25(22-15)13-18-9-6-10-23(18)20(26)19-12-21-14-24(19)17-7-4-3-5-8-17/h3-5,7-8,11-12,14,18H,6,9-10,13H2,1-2H3. The van der Waals surface area contributed by atoms with Gasteiger partial charge in [0.15, 0.2) is 0 Å². The maximum absolute atomic E-state index is 13.2. The van der Waals surface area contributed by atoms with Crippen LogP contribution in [0.25, 0.3) is 5.69 Å². The van der Waals surface area contributed by atoms with Gasteiger partial charge < -0.3 is 4.90 Å². The van der Waals surface area contributed by atoms with Crippen LogP contribution in [0.3, 0.4) is 0 Å². The number of hydrogen-bond donors (Lipinski definition) is 0. The number of likely N-dealkylation sites (tertiary alicyclic amines) is 1. The molecule has 1 fully saturated rings. The van der Waals surface area contributed by atoms with E-state index in [-0.39, 0.29) is 11.9 Å². The molecule has 1 aliphatic heterocycles. The Morgan fingerprint density at radius 3 is 2.77 bits per heavy atom. The van der Waals surface area contributed by atoms with Crippen LogP contribution >= 0.6 is 0 Å². The lowest BCUT2D eigenvalue weighted by atomic mass is 10.2. The molecule has 1 aliphatic rings. The van der Waals surface area contributed by atoms with Gasteiger partial charge in [-0.15, -0.1) is 0 Å². The number of benzene rings is 1. The first-order valence-electron chi connectivity index (χ1n) is 9.03. The Labute approximate surface area is 153 Å². The maximum atomic E-state index is 13.2. The highest BCUT2D eigenvalue weighted by molar-refractivity contribution is 5.93. The number of amides is 1. The molecule has 134 valence electrons. The molecular formula is C20H23N5O. The second kappa shape index (κ2) is 6.78. The molecule has 0 N–H and O–H groups in total. The molecule has 1 saturated heterocycles. The minimum atomic E-state index is 0.0374. The van der Waals surface area contributed by atoms with E-state index in [0.29, 0.717) is 5.69 Å². The summed E-state index contributed by atoms with van der Waals surface area (Å²) in [4.78, 5) is 19.4. The zero-order valence-electron chi connectivity index (χ0n) is 15.2. The molecule has 0 bridgehead atoms. The number of rotatable bonds is 4. The SMILES string of the molecule is Cc1cc(C)n(CC2CCCN2C(=O)c2cncn2-c2ccccc2)n1. The van der Waals surface area contributed by atoms with Crippen molar-refractivity contribution in [2.75, 3.05) is 6.54 Å². The van der Waals surface area contributed by atoms with E-state index in [1.54, 1.807) is 12.5 Å². The lowest BCUT2D eigenvalue weighted by Gasteiger charge is -2.25. The van der Waals surface area contributed by atoms with Crippen LogP contribution < -0.4 is 0 Å². The lowest BCUT2D eigenvalue weighted by molar-refractivity contribution is 0.0713. The fourth-order valence-electron chi connectivity index (χ4n) is 3.75.